The smallest absolute Gasteiger partial charge is 0.236 e. The molecular formula is C24H24ClNO7. The number of rotatable bonds is 6. The number of nitrogens with one attached hydrogen (secondary N) is 1. The van der Waals surface area contributed by atoms with Gasteiger partial charge in [0.25, 0.3) is 0 Å². The number of hydrogen-bond acceptors (Lipinski definition) is 8. The summed E-state index contributed by atoms with van der Waals surface area (Å²) in [6.07, 6.45) is 0.826. The van der Waals surface area contributed by atoms with Gasteiger partial charge < -0.3 is 29.7 Å². The molecule has 9 heteroatoms. The van der Waals surface area contributed by atoms with E-state index in [4.69, 9.17) is 25.8 Å². The molecule has 1 heterocycles. The fraction of sp³-hybridized carbons (Fsp3) is 0.333. The summed E-state index contributed by atoms with van der Waals surface area (Å²) in [5.74, 6) is -0.861. The van der Waals surface area contributed by atoms with Crippen LogP contribution in [-0.4, -0.2) is 48.1 Å². The molecular weight excluding hydrogens is 450 g/mol. The Morgan fingerprint density at radius 3 is 2.48 bits per heavy atom. The number of phenols is 1. The molecule has 2 aromatic rings. The Bertz CT molecular complexity index is 1140. The fourth-order valence-corrected chi connectivity index (χ4v) is 4.56. The van der Waals surface area contributed by atoms with Crippen LogP contribution in [0.4, 0.5) is 0 Å². The summed E-state index contributed by atoms with van der Waals surface area (Å²) in [6, 6.07) is 7.71. The molecule has 0 saturated carbocycles. The lowest BCUT2D eigenvalue weighted by Crippen LogP contribution is -2.55. The van der Waals surface area contributed by atoms with Crippen molar-refractivity contribution in [3.8, 4) is 23.0 Å². The number of hydrogen-bond donors (Lipinski definition) is 3. The first-order chi connectivity index (χ1) is 15.7. The summed E-state index contributed by atoms with van der Waals surface area (Å²) in [5, 5.41) is 23.0. The average molecular weight is 474 g/mol. The number of methoxy groups -OCH3 is 2. The van der Waals surface area contributed by atoms with Gasteiger partial charge in [-0.3, -0.25) is 9.59 Å². The molecule has 2 aliphatic rings. The fourth-order valence-electron chi connectivity index (χ4n) is 4.29. The van der Waals surface area contributed by atoms with Crippen molar-refractivity contribution in [3.63, 3.8) is 0 Å². The molecule has 2 aromatic carbocycles. The lowest BCUT2D eigenvalue weighted by atomic mass is 9.74. The second-order valence-corrected chi connectivity index (χ2v) is 8.47. The Kier molecular flexibility index (Phi) is 5.99. The molecule has 1 spiro atoms. The third-order valence-electron chi connectivity index (χ3n) is 6.11. The lowest BCUT2D eigenvalue weighted by molar-refractivity contribution is -0.129. The Morgan fingerprint density at radius 1 is 1.21 bits per heavy atom. The molecule has 0 saturated heterocycles. The van der Waals surface area contributed by atoms with Gasteiger partial charge in [0, 0.05) is 30.3 Å². The van der Waals surface area contributed by atoms with Gasteiger partial charge in [-0.25, -0.2) is 0 Å². The maximum atomic E-state index is 13.5. The van der Waals surface area contributed by atoms with E-state index in [-0.39, 0.29) is 40.1 Å². The first-order valence-corrected chi connectivity index (χ1v) is 10.7. The summed E-state index contributed by atoms with van der Waals surface area (Å²) in [4.78, 5) is 26.7. The van der Waals surface area contributed by atoms with Gasteiger partial charge in [-0.15, -0.1) is 0 Å². The molecule has 1 aliphatic carbocycles. The van der Waals surface area contributed by atoms with Crippen LogP contribution >= 0.6 is 11.6 Å². The second-order valence-electron chi connectivity index (χ2n) is 8.09. The number of ketones is 2. The van der Waals surface area contributed by atoms with Crippen molar-refractivity contribution in [1.82, 2.24) is 5.32 Å². The lowest BCUT2D eigenvalue weighted by Gasteiger charge is -2.35. The Labute approximate surface area is 195 Å². The molecule has 0 bridgehead atoms. The second kappa shape index (κ2) is 8.61. The predicted octanol–water partition coefficient (Wildman–Crippen LogP) is 3.19. The van der Waals surface area contributed by atoms with Crippen molar-refractivity contribution < 1.29 is 34.0 Å². The summed E-state index contributed by atoms with van der Waals surface area (Å²) in [5.41, 5.74) is -0.421. The van der Waals surface area contributed by atoms with Crippen LogP contribution in [0.5, 0.6) is 23.0 Å². The number of fused-ring (bicyclic) bond motifs is 1. The van der Waals surface area contributed by atoms with E-state index in [1.165, 1.54) is 38.5 Å². The Morgan fingerprint density at radius 2 is 1.88 bits per heavy atom. The number of halogens is 1. The highest BCUT2D eigenvalue weighted by atomic mass is 35.5. The molecule has 174 valence electrons. The Hall–Kier alpha value is -3.23. The van der Waals surface area contributed by atoms with Crippen molar-refractivity contribution in [3.05, 3.63) is 58.3 Å². The quantitative estimate of drug-likeness (QED) is 0.548. The molecule has 3 unspecified atom stereocenters. The molecule has 0 fully saturated rings. The maximum absolute atomic E-state index is 13.5. The van der Waals surface area contributed by atoms with Gasteiger partial charge in [0.1, 0.15) is 27.8 Å². The van der Waals surface area contributed by atoms with E-state index in [0.29, 0.717) is 17.7 Å². The molecule has 0 aromatic heterocycles. The number of benzene rings is 2. The van der Waals surface area contributed by atoms with Crippen LogP contribution in [0.3, 0.4) is 0 Å². The minimum Gasteiger partial charge on any atom is -0.508 e. The number of phenolic OH excluding ortho intramolecular Hbond substituents is 1. The molecule has 3 N–H and O–H groups in total. The van der Waals surface area contributed by atoms with Gasteiger partial charge in [-0.1, -0.05) is 30.7 Å². The number of ether oxygens (including phenoxy) is 3. The summed E-state index contributed by atoms with van der Waals surface area (Å²) >= 11 is 6.39. The standard InChI is InChI=1S/C24H24ClNO7/c1-12-8-14(26-11-16(28)13-4-6-15(27)7-5-13)9-19(29)24(12)23(30)20-17(31-2)10-18(32-3)21(25)22(20)33-24/h4-7,9-10,12,16,26-28H,8,11H2,1-3H3. The van der Waals surface area contributed by atoms with E-state index < -0.39 is 29.2 Å². The molecule has 0 radical (unpaired) electrons. The average Bonchev–Trinajstić information content (AvgIpc) is 3.12. The normalized spacial score (nSPS) is 22.5. The molecule has 1 aliphatic heterocycles. The van der Waals surface area contributed by atoms with Gasteiger partial charge in [0.15, 0.2) is 5.75 Å². The zero-order valence-electron chi connectivity index (χ0n) is 18.3. The van der Waals surface area contributed by atoms with Gasteiger partial charge in [-0.2, -0.15) is 0 Å². The molecule has 4 rings (SSSR count). The number of aromatic hydroxyl groups is 1. The molecule has 33 heavy (non-hydrogen) atoms. The van der Waals surface area contributed by atoms with Crippen molar-refractivity contribution in [2.24, 2.45) is 5.92 Å². The maximum Gasteiger partial charge on any atom is 0.236 e. The van der Waals surface area contributed by atoms with E-state index >= 15 is 0 Å². The van der Waals surface area contributed by atoms with E-state index in [9.17, 15) is 19.8 Å². The molecule has 8 nitrogen and oxygen atoms in total. The minimum atomic E-state index is -1.74. The minimum absolute atomic E-state index is 0.0747. The monoisotopic (exact) mass is 473 g/mol. The van der Waals surface area contributed by atoms with Crippen molar-refractivity contribution in [2.45, 2.75) is 25.0 Å². The van der Waals surface area contributed by atoms with Crippen molar-refractivity contribution in [2.75, 3.05) is 20.8 Å². The van der Waals surface area contributed by atoms with Gasteiger partial charge in [-0.05, 0) is 24.1 Å². The van der Waals surface area contributed by atoms with E-state index in [1.807, 2.05) is 0 Å². The van der Waals surface area contributed by atoms with Crippen LogP contribution in [0.15, 0.2) is 42.1 Å². The van der Waals surface area contributed by atoms with Crippen LogP contribution in [0.25, 0.3) is 0 Å². The molecule has 3 atom stereocenters. The summed E-state index contributed by atoms with van der Waals surface area (Å²) < 4.78 is 16.6. The zero-order valence-corrected chi connectivity index (χ0v) is 19.1. The first-order valence-electron chi connectivity index (χ1n) is 10.4. The van der Waals surface area contributed by atoms with Gasteiger partial charge in [0.05, 0.1) is 20.3 Å². The number of carbonyl (C=O) groups excluding carboxylic acids is 2. The highest BCUT2D eigenvalue weighted by molar-refractivity contribution is 6.36. The van der Waals surface area contributed by atoms with Crippen LogP contribution < -0.4 is 19.5 Å². The van der Waals surface area contributed by atoms with Crippen molar-refractivity contribution in [1.29, 1.82) is 0 Å². The van der Waals surface area contributed by atoms with Crippen LogP contribution in [-0.2, 0) is 4.79 Å². The van der Waals surface area contributed by atoms with E-state index in [1.54, 1.807) is 19.1 Å². The zero-order chi connectivity index (χ0) is 23.9. The number of aliphatic hydroxyl groups is 1. The van der Waals surface area contributed by atoms with Gasteiger partial charge >= 0.3 is 0 Å². The topological polar surface area (TPSA) is 114 Å². The third-order valence-corrected chi connectivity index (χ3v) is 6.47. The summed E-state index contributed by atoms with van der Waals surface area (Å²) in [6.45, 7) is 1.90. The Balaban J connectivity index is 1.58. The van der Waals surface area contributed by atoms with Gasteiger partial charge in [0.2, 0.25) is 17.2 Å². The van der Waals surface area contributed by atoms with Crippen LogP contribution in [0, 0.1) is 5.92 Å². The number of Topliss-reactive ketones (excluding diaryl/α,β-unsaturated/α-hetero) is 1. The predicted molar refractivity (Wildman–Crippen MR) is 120 cm³/mol. The van der Waals surface area contributed by atoms with Crippen molar-refractivity contribution >= 4 is 23.2 Å². The van der Waals surface area contributed by atoms with Crippen LogP contribution in [0.1, 0.15) is 35.4 Å². The number of carbonyl (C=O) groups is 2. The van der Waals surface area contributed by atoms with E-state index in [2.05, 4.69) is 5.32 Å². The first kappa shape index (κ1) is 22.9. The number of aliphatic hydroxyl groups excluding tert-OH is 1. The highest BCUT2D eigenvalue weighted by Gasteiger charge is 2.60. The van der Waals surface area contributed by atoms with E-state index in [0.717, 1.165) is 0 Å². The largest absolute Gasteiger partial charge is 0.508 e. The highest BCUT2D eigenvalue weighted by Crippen LogP contribution is 2.52. The number of allylic oxidation sites excluding steroid dienone is 1. The summed E-state index contributed by atoms with van der Waals surface area (Å²) in [7, 11) is 2.84. The third kappa shape index (κ3) is 3.69. The van der Waals surface area contributed by atoms with Crippen LogP contribution in [0.2, 0.25) is 5.02 Å². The molecule has 0 amide bonds. The SMILES string of the molecule is COc1cc(OC)c2c(c1Cl)OC1(C(=O)C=C(NCC(O)c3ccc(O)cc3)CC1C)C2=O.